The van der Waals surface area contributed by atoms with Crippen LogP contribution in [-0.4, -0.2) is 60.2 Å². The largest absolute Gasteiger partial charge is 0.356 e. The van der Waals surface area contributed by atoms with E-state index in [0.717, 1.165) is 49.1 Å². The van der Waals surface area contributed by atoms with Gasteiger partial charge in [-0.2, -0.15) is 0 Å². The Bertz CT molecular complexity index is 856. The number of hydrogen-bond acceptors (Lipinski definition) is 5. The Hall–Kier alpha value is -2.83. The zero-order chi connectivity index (χ0) is 20.2. The molecule has 4 rings (SSSR count). The van der Waals surface area contributed by atoms with Crippen LogP contribution in [0.15, 0.2) is 30.6 Å². The van der Waals surface area contributed by atoms with Crippen LogP contribution in [0.3, 0.4) is 0 Å². The van der Waals surface area contributed by atoms with Crippen molar-refractivity contribution in [1.82, 2.24) is 14.9 Å². The Morgan fingerprint density at radius 2 is 1.52 bits per heavy atom. The van der Waals surface area contributed by atoms with E-state index in [2.05, 4.69) is 44.1 Å². The van der Waals surface area contributed by atoms with Gasteiger partial charge in [-0.05, 0) is 44.7 Å². The maximum absolute atomic E-state index is 12.7. The quantitative estimate of drug-likeness (QED) is 0.864. The second kappa shape index (κ2) is 8.68. The standard InChI is InChI=1S/C22H30N6O/c1-17-6-7-19(18(2)14-17)25-22(29)28-12-10-27(11-13-28)21-15-20(23-16-24-21)26-8-4-3-5-9-26/h6-7,14-16H,3-5,8-13H2,1-2H3,(H,25,29). The van der Waals surface area contributed by atoms with Gasteiger partial charge >= 0.3 is 6.03 Å². The first kappa shape index (κ1) is 19.5. The van der Waals surface area contributed by atoms with Crippen molar-refractivity contribution in [3.63, 3.8) is 0 Å². The number of carbonyl (C=O) groups excluding carboxylic acids is 1. The van der Waals surface area contributed by atoms with Gasteiger partial charge in [0.15, 0.2) is 0 Å². The number of piperazine rings is 1. The number of amides is 2. The van der Waals surface area contributed by atoms with Crippen LogP contribution in [0.5, 0.6) is 0 Å². The summed E-state index contributed by atoms with van der Waals surface area (Å²) in [7, 11) is 0. The van der Waals surface area contributed by atoms with Gasteiger partial charge in [0.05, 0.1) is 0 Å². The summed E-state index contributed by atoms with van der Waals surface area (Å²) < 4.78 is 0. The molecule has 0 radical (unpaired) electrons. The number of aryl methyl sites for hydroxylation is 2. The summed E-state index contributed by atoms with van der Waals surface area (Å²) in [6.07, 6.45) is 5.43. The highest BCUT2D eigenvalue weighted by atomic mass is 16.2. The lowest BCUT2D eigenvalue weighted by Crippen LogP contribution is -2.50. The van der Waals surface area contributed by atoms with Crippen LogP contribution in [0.4, 0.5) is 22.1 Å². The van der Waals surface area contributed by atoms with Crippen molar-refractivity contribution >= 4 is 23.4 Å². The second-order valence-electron chi connectivity index (χ2n) is 8.00. The van der Waals surface area contributed by atoms with Crippen LogP contribution in [0, 0.1) is 13.8 Å². The molecule has 2 amide bonds. The van der Waals surface area contributed by atoms with Gasteiger partial charge in [0.25, 0.3) is 0 Å². The van der Waals surface area contributed by atoms with Gasteiger partial charge in [0.1, 0.15) is 18.0 Å². The summed E-state index contributed by atoms with van der Waals surface area (Å²) in [6, 6.07) is 8.14. The van der Waals surface area contributed by atoms with E-state index in [1.807, 2.05) is 24.0 Å². The first-order chi connectivity index (χ1) is 14.1. The van der Waals surface area contributed by atoms with E-state index in [1.165, 1.54) is 24.8 Å². The van der Waals surface area contributed by atoms with E-state index >= 15 is 0 Å². The number of anilines is 3. The first-order valence-corrected chi connectivity index (χ1v) is 10.6. The summed E-state index contributed by atoms with van der Waals surface area (Å²) in [5.74, 6) is 1.97. The molecule has 2 aromatic rings. The summed E-state index contributed by atoms with van der Waals surface area (Å²) in [5, 5.41) is 3.05. The minimum Gasteiger partial charge on any atom is -0.356 e. The molecule has 0 saturated carbocycles. The Labute approximate surface area is 172 Å². The molecule has 1 N–H and O–H groups in total. The third-order valence-electron chi connectivity index (χ3n) is 5.83. The molecular weight excluding hydrogens is 364 g/mol. The lowest BCUT2D eigenvalue weighted by atomic mass is 10.1. The molecule has 7 nitrogen and oxygen atoms in total. The Morgan fingerprint density at radius 1 is 0.862 bits per heavy atom. The summed E-state index contributed by atoms with van der Waals surface area (Å²) in [4.78, 5) is 28.1. The predicted molar refractivity (Wildman–Crippen MR) is 117 cm³/mol. The van der Waals surface area contributed by atoms with E-state index < -0.39 is 0 Å². The highest BCUT2D eigenvalue weighted by Gasteiger charge is 2.23. The molecule has 0 bridgehead atoms. The number of carbonyl (C=O) groups is 1. The predicted octanol–water partition coefficient (Wildman–Crippen LogP) is 3.44. The van der Waals surface area contributed by atoms with Crippen LogP contribution in [0.1, 0.15) is 30.4 Å². The lowest BCUT2D eigenvalue weighted by Gasteiger charge is -2.36. The lowest BCUT2D eigenvalue weighted by molar-refractivity contribution is 0.208. The normalized spacial score (nSPS) is 17.4. The number of piperidine rings is 1. The average molecular weight is 395 g/mol. The molecular formula is C22H30N6O. The molecule has 2 saturated heterocycles. The maximum Gasteiger partial charge on any atom is 0.321 e. The fourth-order valence-electron chi connectivity index (χ4n) is 4.09. The molecule has 0 atom stereocenters. The summed E-state index contributed by atoms with van der Waals surface area (Å²) in [5.41, 5.74) is 3.16. The van der Waals surface area contributed by atoms with E-state index in [-0.39, 0.29) is 6.03 Å². The fourth-order valence-corrected chi connectivity index (χ4v) is 4.09. The van der Waals surface area contributed by atoms with Crippen molar-refractivity contribution in [1.29, 1.82) is 0 Å². The van der Waals surface area contributed by atoms with Crippen molar-refractivity contribution < 1.29 is 4.79 Å². The number of urea groups is 1. The highest BCUT2D eigenvalue weighted by Crippen LogP contribution is 2.22. The minimum absolute atomic E-state index is 0.0340. The Kier molecular flexibility index (Phi) is 5.83. The van der Waals surface area contributed by atoms with Crippen LogP contribution in [0.25, 0.3) is 0 Å². The van der Waals surface area contributed by atoms with Gasteiger partial charge in [0, 0.05) is 51.0 Å². The van der Waals surface area contributed by atoms with Crippen LogP contribution >= 0.6 is 0 Å². The molecule has 0 aliphatic carbocycles. The second-order valence-corrected chi connectivity index (χ2v) is 8.00. The fraction of sp³-hybridized carbons (Fsp3) is 0.500. The van der Waals surface area contributed by atoms with Crippen LogP contribution in [-0.2, 0) is 0 Å². The number of hydrogen-bond donors (Lipinski definition) is 1. The van der Waals surface area contributed by atoms with Crippen molar-refractivity contribution in [2.24, 2.45) is 0 Å². The Morgan fingerprint density at radius 3 is 2.17 bits per heavy atom. The molecule has 1 aromatic carbocycles. The molecule has 154 valence electrons. The number of rotatable bonds is 3. The minimum atomic E-state index is -0.0340. The number of benzene rings is 1. The highest BCUT2D eigenvalue weighted by molar-refractivity contribution is 5.90. The van der Waals surface area contributed by atoms with Gasteiger partial charge in [-0.3, -0.25) is 0 Å². The zero-order valence-electron chi connectivity index (χ0n) is 17.4. The van der Waals surface area contributed by atoms with Crippen molar-refractivity contribution in [3.05, 3.63) is 41.7 Å². The van der Waals surface area contributed by atoms with Gasteiger partial charge in [-0.1, -0.05) is 17.7 Å². The molecule has 0 spiro atoms. The molecule has 2 aliphatic rings. The molecule has 0 unspecified atom stereocenters. The Balaban J connectivity index is 1.35. The van der Waals surface area contributed by atoms with Crippen LogP contribution in [0.2, 0.25) is 0 Å². The van der Waals surface area contributed by atoms with Crippen molar-refractivity contribution in [2.75, 3.05) is 54.4 Å². The average Bonchev–Trinajstić information content (AvgIpc) is 2.76. The third kappa shape index (κ3) is 4.60. The van der Waals surface area contributed by atoms with Crippen LogP contribution < -0.4 is 15.1 Å². The van der Waals surface area contributed by atoms with Gasteiger partial charge < -0.3 is 20.0 Å². The van der Waals surface area contributed by atoms with E-state index in [1.54, 1.807) is 6.33 Å². The van der Waals surface area contributed by atoms with Gasteiger partial charge in [0.2, 0.25) is 0 Å². The number of nitrogens with zero attached hydrogens (tertiary/aromatic N) is 5. The van der Waals surface area contributed by atoms with Crippen molar-refractivity contribution in [3.8, 4) is 0 Å². The third-order valence-corrected chi connectivity index (χ3v) is 5.83. The van der Waals surface area contributed by atoms with E-state index in [9.17, 15) is 4.79 Å². The molecule has 2 fully saturated rings. The van der Waals surface area contributed by atoms with E-state index in [4.69, 9.17) is 0 Å². The smallest absolute Gasteiger partial charge is 0.321 e. The van der Waals surface area contributed by atoms with Gasteiger partial charge in [-0.15, -0.1) is 0 Å². The number of nitrogens with one attached hydrogen (secondary N) is 1. The SMILES string of the molecule is Cc1ccc(NC(=O)N2CCN(c3cc(N4CCCCC4)ncn3)CC2)c(C)c1. The monoisotopic (exact) mass is 394 g/mol. The van der Waals surface area contributed by atoms with Crippen molar-refractivity contribution in [2.45, 2.75) is 33.1 Å². The van der Waals surface area contributed by atoms with Gasteiger partial charge in [-0.25, -0.2) is 14.8 Å². The van der Waals surface area contributed by atoms with E-state index in [0.29, 0.717) is 13.1 Å². The zero-order valence-corrected chi connectivity index (χ0v) is 17.4. The maximum atomic E-state index is 12.7. The summed E-state index contributed by atoms with van der Waals surface area (Å²) >= 11 is 0. The molecule has 1 aromatic heterocycles. The molecule has 7 heteroatoms. The topological polar surface area (TPSA) is 64.6 Å². The molecule has 29 heavy (non-hydrogen) atoms. The summed E-state index contributed by atoms with van der Waals surface area (Å²) in [6.45, 7) is 9.13. The number of aromatic nitrogens is 2. The first-order valence-electron chi connectivity index (χ1n) is 10.6. The molecule has 3 heterocycles. The molecule has 2 aliphatic heterocycles.